The minimum Gasteiger partial charge on any atom is -0.413 e. The quantitative estimate of drug-likeness (QED) is 0.354. The lowest BCUT2D eigenvalue weighted by Crippen LogP contribution is -2.45. The number of rotatable bonds is 10. The standard InChI is InChI=1S/C21H36O3Si/c1-18(11-10-15-22)20(24-25(5,6)21(2,3)4)14-16-23-17-19-12-8-7-9-13-19/h7-13,18,20,22H,14-17H2,1-6H3/b11-10+/t18-,20-/m0/s1. The van der Waals surface area contributed by atoms with Crippen LogP contribution in [0.5, 0.6) is 0 Å². The van der Waals surface area contributed by atoms with Crippen LogP contribution < -0.4 is 0 Å². The average Bonchev–Trinajstić information content (AvgIpc) is 2.55. The molecule has 0 aliphatic carbocycles. The second kappa shape index (κ2) is 10.3. The molecule has 0 aliphatic rings. The highest BCUT2D eigenvalue weighted by atomic mass is 28.4. The molecular formula is C21H36O3Si. The Labute approximate surface area is 155 Å². The number of aliphatic hydroxyl groups excluding tert-OH is 1. The highest BCUT2D eigenvalue weighted by Crippen LogP contribution is 2.38. The van der Waals surface area contributed by atoms with Crippen LogP contribution in [0.25, 0.3) is 0 Å². The first-order valence-corrected chi connectivity index (χ1v) is 12.1. The van der Waals surface area contributed by atoms with Crippen molar-refractivity contribution in [1.29, 1.82) is 0 Å². The van der Waals surface area contributed by atoms with Gasteiger partial charge in [0.05, 0.1) is 19.3 Å². The van der Waals surface area contributed by atoms with Gasteiger partial charge in [0.15, 0.2) is 8.32 Å². The van der Waals surface area contributed by atoms with Gasteiger partial charge < -0.3 is 14.3 Å². The summed E-state index contributed by atoms with van der Waals surface area (Å²) in [6.45, 7) is 14.9. The van der Waals surface area contributed by atoms with E-state index in [9.17, 15) is 0 Å². The molecule has 0 amide bonds. The molecule has 0 spiro atoms. The summed E-state index contributed by atoms with van der Waals surface area (Å²) in [7, 11) is -1.85. The van der Waals surface area contributed by atoms with Crippen LogP contribution in [0.15, 0.2) is 42.5 Å². The van der Waals surface area contributed by atoms with E-state index in [-0.39, 0.29) is 23.7 Å². The predicted molar refractivity (Wildman–Crippen MR) is 108 cm³/mol. The molecule has 0 radical (unpaired) electrons. The van der Waals surface area contributed by atoms with Gasteiger partial charge in [-0.2, -0.15) is 0 Å². The molecule has 4 heteroatoms. The van der Waals surface area contributed by atoms with Gasteiger partial charge >= 0.3 is 0 Å². The Morgan fingerprint density at radius 1 is 1.16 bits per heavy atom. The minimum atomic E-state index is -1.85. The van der Waals surface area contributed by atoms with Gasteiger partial charge in [0.25, 0.3) is 0 Å². The molecule has 1 N–H and O–H groups in total. The third-order valence-electron chi connectivity index (χ3n) is 5.04. The number of aliphatic hydroxyl groups is 1. The summed E-state index contributed by atoms with van der Waals surface area (Å²) >= 11 is 0. The van der Waals surface area contributed by atoms with Crippen LogP contribution in [0.1, 0.15) is 39.7 Å². The first-order valence-electron chi connectivity index (χ1n) is 9.24. The Morgan fingerprint density at radius 2 is 1.80 bits per heavy atom. The number of ether oxygens (including phenoxy) is 1. The summed E-state index contributed by atoms with van der Waals surface area (Å²) in [6.07, 6.45) is 4.82. The maximum atomic E-state index is 9.06. The Balaban J connectivity index is 2.63. The lowest BCUT2D eigenvalue weighted by molar-refractivity contribution is 0.0640. The van der Waals surface area contributed by atoms with E-state index in [0.29, 0.717) is 13.2 Å². The molecule has 3 nitrogen and oxygen atoms in total. The molecule has 0 bridgehead atoms. The van der Waals surface area contributed by atoms with Crippen molar-refractivity contribution in [3.63, 3.8) is 0 Å². The molecular weight excluding hydrogens is 328 g/mol. The molecule has 0 saturated carbocycles. The second-order valence-electron chi connectivity index (χ2n) is 8.21. The van der Waals surface area contributed by atoms with Crippen molar-refractivity contribution in [1.82, 2.24) is 0 Å². The van der Waals surface area contributed by atoms with Crippen molar-refractivity contribution in [2.45, 2.75) is 65.0 Å². The van der Waals surface area contributed by atoms with Crippen LogP contribution in [0.4, 0.5) is 0 Å². The summed E-state index contributed by atoms with van der Waals surface area (Å²) in [5.41, 5.74) is 1.19. The molecule has 0 saturated heterocycles. The zero-order valence-electron chi connectivity index (χ0n) is 16.8. The molecule has 0 fully saturated rings. The van der Waals surface area contributed by atoms with Gasteiger partial charge in [-0.3, -0.25) is 0 Å². The Morgan fingerprint density at radius 3 is 2.36 bits per heavy atom. The van der Waals surface area contributed by atoms with Crippen LogP contribution in [-0.4, -0.2) is 32.7 Å². The minimum absolute atomic E-state index is 0.0711. The monoisotopic (exact) mass is 364 g/mol. The van der Waals surface area contributed by atoms with Crippen molar-refractivity contribution in [2.75, 3.05) is 13.2 Å². The normalized spacial score (nSPS) is 15.5. The van der Waals surface area contributed by atoms with E-state index < -0.39 is 8.32 Å². The zero-order valence-corrected chi connectivity index (χ0v) is 17.8. The molecule has 25 heavy (non-hydrogen) atoms. The molecule has 0 aromatic heterocycles. The fourth-order valence-electron chi connectivity index (χ4n) is 2.35. The van der Waals surface area contributed by atoms with Gasteiger partial charge in [-0.05, 0) is 36.0 Å². The Kier molecular flexibility index (Phi) is 9.07. The van der Waals surface area contributed by atoms with Crippen LogP contribution in [-0.2, 0) is 15.8 Å². The van der Waals surface area contributed by atoms with E-state index in [0.717, 1.165) is 6.42 Å². The van der Waals surface area contributed by atoms with E-state index in [1.165, 1.54) is 5.56 Å². The van der Waals surface area contributed by atoms with Gasteiger partial charge in [0.2, 0.25) is 0 Å². The number of hydrogen-bond donors (Lipinski definition) is 1. The fraction of sp³-hybridized carbons (Fsp3) is 0.619. The number of hydrogen-bond acceptors (Lipinski definition) is 3. The molecule has 142 valence electrons. The number of benzene rings is 1. The van der Waals surface area contributed by atoms with E-state index in [2.05, 4.69) is 59.0 Å². The molecule has 1 aromatic carbocycles. The SMILES string of the molecule is C[C@@H](/C=C/CO)[C@H](CCOCc1ccccc1)O[Si](C)(C)C(C)(C)C. The molecule has 1 rings (SSSR count). The van der Waals surface area contributed by atoms with Crippen molar-refractivity contribution in [3.05, 3.63) is 48.0 Å². The smallest absolute Gasteiger partial charge is 0.192 e. The summed E-state index contributed by atoms with van der Waals surface area (Å²) in [5, 5.41) is 9.23. The van der Waals surface area contributed by atoms with Crippen LogP contribution >= 0.6 is 0 Å². The summed E-state index contributed by atoms with van der Waals surface area (Å²) in [6, 6.07) is 10.2. The van der Waals surface area contributed by atoms with Crippen LogP contribution in [0.3, 0.4) is 0 Å². The van der Waals surface area contributed by atoms with E-state index in [1.807, 2.05) is 18.2 Å². The lowest BCUT2D eigenvalue weighted by Gasteiger charge is -2.40. The maximum absolute atomic E-state index is 9.06. The molecule has 1 aromatic rings. The third kappa shape index (κ3) is 7.86. The molecule has 2 atom stereocenters. The summed E-state index contributed by atoms with van der Waals surface area (Å²) in [5.74, 6) is 0.251. The fourth-order valence-corrected chi connectivity index (χ4v) is 3.79. The van der Waals surface area contributed by atoms with Crippen molar-refractivity contribution >= 4 is 8.32 Å². The van der Waals surface area contributed by atoms with E-state index >= 15 is 0 Å². The van der Waals surface area contributed by atoms with Gasteiger partial charge in [-0.1, -0.05) is 70.2 Å². The van der Waals surface area contributed by atoms with E-state index in [1.54, 1.807) is 6.08 Å². The van der Waals surface area contributed by atoms with E-state index in [4.69, 9.17) is 14.3 Å². The van der Waals surface area contributed by atoms with Crippen molar-refractivity contribution in [2.24, 2.45) is 5.92 Å². The summed E-state index contributed by atoms with van der Waals surface area (Å²) in [4.78, 5) is 0. The second-order valence-corrected chi connectivity index (χ2v) is 13.0. The van der Waals surface area contributed by atoms with Crippen molar-refractivity contribution < 1.29 is 14.3 Å². The van der Waals surface area contributed by atoms with Crippen LogP contribution in [0, 0.1) is 5.92 Å². The summed E-state index contributed by atoms with van der Waals surface area (Å²) < 4.78 is 12.5. The van der Waals surface area contributed by atoms with Gasteiger partial charge in [-0.15, -0.1) is 0 Å². The Bertz CT molecular complexity index is 506. The van der Waals surface area contributed by atoms with Gasteiger partial charge in [0, 0.05) is 6.61 Å². The first-order chi connectivity index (χ1) is 11.7. The molecule has 0 heterocycles. The third-order valence-corrected chi connectivity index (χ3v) is 9.55. The average molecular weight is 365 g/mol. The van der Waals surface area contributed by atoms with Crippen LogP contribution in [0.2, 0.25) is 18.1 Å². The largest absolute Gasteiger partial charge is 0.413 e. The van der Waals surface area contributed by atoms with Crippen molar-refractivity contribution in [3.8, 4) is 0 Å². The molecule has 0 aliphatic heterocycles. The lowest BCUT2D eigenvalue weighted by atomic mass is 10.0. The maximum Gasteiger partial charge on any atom is 0.192 e. The molecule has 0 unspecified atom stereocenters. The topological polar surface area (TPSA) is 38.7 Å². The van der Waals surface area contributed by atoms with Gasteiger partial charge in [0.1, 0.15) is 0 Å². The highest BCUT2D eigenvalue weighted by Gasteiger charge is 2.39. The Hall–Kier alpha value is -0.943. The highest BCUT2D eigenvalue weighted by molar-refractivity contribution is 6.74. The predicted octanol–water partition coefficient (Wildman–Crippen LogP) is 5.17. The zero-order chi connectivity index (χ0) is 18.9. The first kappa shape index (κ1) is 22.1. The van der Waals surface area contributed by atoms with Gasteiger partial charge in [-0.25, -0.2) is 0 Å².